The molecule has 0 amide bonds. The van der Waals surface area contributed by atoms with Gasteiger partial charge in [-0.3, -0.25) is 0 Å². The maximum absolute atomic E-state index is 6.41. The molecule has 0 bridgehead atoms. The lowest BCUT2D eigenvalue weighted by Gasteiger charge is -2.11. The first-order valence-corrected chi connectivity index (χ1v) is 10.9. The smallest absolute Gasteiger partial charge is 0.209 e. The van der Waals surface area contributed by atoms with Crippen molar-refractivity contribution in [3.05, 3.63) is 70.4 Å². The Kier molecular flexibility index (Phi) is 6.18. The average Bonchev–Trinajstić information content (AvgIpc) is 3.25. The second kappa shape index (κ2) is 8.98. The molecule has 0 unspecified atom stereocenters. The molecule has 0 radical (unpaired) electrons. The van der Waals surface area contributed by atoms with Crippen molar-refractivity contribution in [3.63, 3.8) is 0 Å². The fourth-order valence-corrected chi connectivity index (χ4v) is 4.44. The summed E-state index contributed by atoms with van der Waals surface area (Å²) in [5.74, 6) is 0.908. The van der Waals surface area contributed by atoms with Crippen molar-refractivity contribution < 1.29 is 0 Å². The van der Waals surface area contributed by atoms with Crippen molar-refractivity contribution in [1.29, 1.82) is 0 Å². The van der Waals surface area contributed by atoms with Gasteiger partial charge in [0.25, 0.3) is 0 Å². The highest BCUT2D eigenvalue weighted by molar-refractivity contribution is 7.99. The van der Waals surface area contributed by atoms with Crippen LogP contribution in [0.25, 0.3) is 10.9 Å². The van der Waals surface area contributed by atoms with Gasteiger partial charge >= 0.3 is 0 Å². The summed E-state index contributed by atoms with van der Waals surface area (Å²) >= 11 is 8.06. The van der Waals surface area contributed by atoms with E-state index < -0.39 is 0 Å². The van der Waals surface area contributed by atoms with Crippen LogP contribution in [0.15, 0.2) is 53.7 Å². The Morgan fingerprint density at radius 2 is 1.90 bits per heavy atom. The molecule has 0 aliphatic carbocycles. The van der Waals surface area contributed by atoms with E-state index >= 15 is 0 Å². The Labute approximate surface area is 179 Å². The number of para-hydroxylation sites is 1. The Bertz CT molecular complexity index is 1120. The lowest BCUT2D eigenvalue weighted by atomic mass is 10.1. The van der Waals surface area contributed by atoms with Crippen molar-refractivity contribution in [2.45, 2.75) is 25.2 Å². The van der Waals surface area contributed by atoms with E-state index in [0.29, 0.717) is 0 Å². The van der Waals surface area contributed by atoms with E-state index in [1.807, 2.05) is 25.2 Å². The maximum atomic E-state index is 6.41. The molecular formula is C21H23ClN6S. The van der Waals surface area contributed by atoms with Gasteiger partial charge in [-0.05, 0) is 40.6 Å². The molecule has 2 heterocycles. The Morgan fingerprint density at radius 1 is 1.10 bits per heavy atom. The third-order valence-electron chi connectivity index (χ3n) is 5.04. The summed E-state index contributed by atoms with van der Waals surface area (Å²) in [6, 6.07) is 16.6. The lowest BCUT2D eigenvalue weighted by Crippen LogP contribution is -2.17. The molecular weight excluding hydrogens is 404 g/mol. The van der Waals surface area contributed by atoms with Gasteiger partial charge in [-0.25, -0.2) is 4.68 Å². The minimum atomic E-state index is 0.765. The van der Waals surface area contributed by atoms with E-state index in [9.17, 15) is 0 Å². The SMILES string of the molecule is Cc1c(CNCCSc2nnnn2C)c2ccccc2n1Cc1ccccc1Cl. The number of nitrogens with one attached hydrogen (secondary N) is 1. The van der Waals surface area contributed by atoms with Crippen LogP contribution in [-0.4, -0.2) is 37.1 Å². The summed E-state index contributed by atoms with van der Waals surface area (Å²) in [6.45, 7) is 4.65. The largest absolute Gasteiger partial charge is 0.340 e. The van der Waals surface area contributed by atoms with Crippen LogP contribution in [0.2, 0.25) is 5.02 Å². The molecule has 0 saturated carbocycles. The van der Waals surface area contributed by atoms with E-state index in [4.69, 9.17) is 11.6 Å². The van der Waals surface area contributed by atoms with Gasteiger partial charge in [-0.15, -0.1) is 5.10 Å². The fraction of sp³-hybridized carbons (Fsp3) is 0.286. The highest BCUT2D eigenvalue weighted by Gasteiger charge is 2.14. The first-order chi connectivity index (χ1) is 14.1. The van der Waals surface area contributed by atoms with Crippen molar-refractivity contribution >= 4 is 34.3 Å². The molecule has 2 aromatic carbocycles. The minimum absolute atomic E-state index is 0.765. The predicted octanol–water partition coefficient (Wildman–Crippen LogP) is 4.06. The first-order valence-electron chi connectivity index (χ1n) is 9.51. The van der Waals surface area contributed by atoms with Crippen molar-refractivity contribution in [2.75, 3.05) is 12.3 Å². The van der Waals surface area contributed by atoms with Gasteiger partial charge in [0.05, 0.1) is 0 Å². The number of thioether (sulfide) groups is 1. The summed E-state index contributed by atoms with van der Waals surface area (Å²) in [5, 5.41) is 18.0. The molecule has 2 aromatic heterocycles. The molecule has 0 saturated heterocycles. The van der Waals surface area contributed by atoms with Crippen LogP contribution >= 0.6 is 23.4 Å². The molecule has 0 aliphatic rings. The third kappa shape index (κ3) is 4.32. The number of aryl methyl sites for hydroxylation is 1. The van der Waals surface area contributed by atoms with Gasteiger partial charge < -0.3 is 9.88 Å². The van der Waals surface area contributed by atoms with Gasteiger partial charge in [0, 0.05) is 54.1 Å². The molecule has 0 atom stereocenters. The molecule has 1 N–H and O–H groups in total. The van der Waals surface area contributed by atoms with Gasteiger partial charge in [0.15, 0.2) is 0 Å². The van der Waals surface area contributed by atoms with Crippen molar-refractivity contribution in [2.24, 2.45) is 7.05 Å². The molecule has 29 heavy (non-hydrogen) atoms. The predicted molar refractivity (Wildman–Crippen MR) is 118 cm³/mol. The zero-order valence-corrected chi connectivity index (χ0v) is 18.0. The minimum Gasteiger partial charge on any atom is -0.340 e. The highest BCUT2D eigenvalue weighted by Crippen LogP contribution is 2.28. The fourth-order valence-electron chi connectivity index (χ4n) is 3.50. The van der Waals surface area contributed by atoms with Gasteiger partial charge in [-0.1, -0.05) is 59.8 Å². The second-order valence-corrected chi connectivity index (χ2v) is 8.34. The summed E-state index contributed by atoms with van der Waals surface area (Å²) < 4.78 is 4.05. The molecule has 0 fully saturated rings. The quantitative estimate of drug-likeness (QED) is 0.340. The van der Waals surface area contributed by atoms with E-state index in [-0.39, 0.29) is 0 Å². The lowest BCUT2D eigenvalue weighted by molar-refractivity contribution is 0.663. The number of hydrogen-bond donors (Lipinski definition) is 1. The maximum Gasteiger partial charge on any atom is 0.209 e. The van der Waals surface area contributed by atoms with Crippen LogP contribution in [0.3, 0.4) is 0 Å². The van der Waals surface area contributed by atoms with E-state index in [1.54, 1.807) is 16.4 Å². The van der Waals surface area contributed by atoms with Gasteiger partial charge in [0.1, 0.15) is 0 Å². The number of nitrogens with zero attached hydrogens (tertiary/aromatic N) is 5. The van der Waals surface area contributed by atoms with E-state index in [0.717, 1.165) is 41.1 Å². The zero-order chi connectivity index (χ0) is 20.2. The van der Waals surface area contributed by atoms with Crippen LogP contribution in [0.5, 0.6) is 0 Å². The number of hydrogen-bond acceptors (Lipinski definition) is 5. The first kappa shape index (κ1) is 19.9. The van der Waals surface area contributed by atoms with Crippen LogP contribution in [0.1, 0.15) is 16.8 Å². The molecule has 0 aliphatic heterocycles. The number of rotatable bonds is 8. The molecule has 8 heteroatoms. The monoisotopic (exact) mass is 426 g/mol. The average molecular weight is 427 g/mol. The Hall–Kier alpha value is -2.35. The highest BCUT2D eigenvalue weighted by atomic mass is 35.5. The van der Waals surface area contributed by atoms with E-state index in [2.05, 4.69) is 62.7 Å². The molecule has 6 nitrogen and oxygen atoms in total. The van der Waals surface area contributed by atoms with Crippen molar-refractivity contribution in [3.8, 4) is 0 Å². The standard InChI is InChI=1S/C21H23ClN6S/c1-15-18(13-23-11-12-29-21-24-25-26-27(21)2)17-8-4-6-10-20(17)28(15)14-16-7-3-5-9-19(16)22/h3-10,23H,11-14H2,1-2H3. The van der Waals surface area contributed by atoms with Gasteiger partial charge in [-0.2, -0.15) is 0 Å². The van der Waals surface area contributed by atoms with Crippen LogP contribution in [-0.2, 0) is 20.1 Å². The summed E-state index contributed by atoms with van der Waals surface area (Å²) in [7, 11) is 1.85. The Morgan fingerprint density at radius 3 is 2.69 bits per heavy atom. The molecule has 4 aromatic rings. The topological polar surface area (TPSA) is 60.6 Å². The second-order valence-electron chi connectivity index (χ2n) is 6.87. The molecule has 150 valence electrons. The normalized spacial score (nSPS) is 11.4. The number of benzene rings is 2. The molecule has 0 spiro atoms. The summed E-state index contributed by atoms with van der Waals surface area (Å²) in [5.41, 5.74) is 4.97. The zero-order valence-electron chi connectivity index (χ0n) is 16.5. The number of aromatic nitrogens is 5. The van der Waals surface area contributed by atoms with E-state index in [1.165, 1.54) is 22.2 Å². The number of tetrazole rings is 1. The third-order valence-corrected chi connectivity index (χ3v) is 6.42. The van der Waals surface area contributed by atoms with Crippen LogP contribution in [0.4, 0.5) is 0 Å². The van der Waals surface area contributed by atoms with Crippen molar-refractivity contribution in [1.82, 2.24) is 30.1 Å². The number of halogens is 1. The molecule has 4 rings (SSSR count). The summed E-state index contributed by atoms with van der Waals surface area (Å²) in [4.78, 5) is 0. The van der Waals surface area contributed by atoms with Gasteiger partial charge in [0.2, 0.25) is 5.16 Å². The van der Waals surface area contributed by atoms with Crippen LogP contribution in [0, 0.1) is 6.92 Å². The number of fused-ring (bicyclic) bond motifs is 1. The summed E-state index contributed by atoms with van der Waals surface area (Å²) in [6.07, 6.45) is 0. The van der Waals surface area contributed by atoms with Crippen LogP contribution < -0.4 is 5.32 Å². The Balaban J connectivity index is 1.48.